The summed E-state index contributed by atoms with van der Waals surface area (Å²) in [5, 5.41) is 8.77. The molecular weight excluding hydrogens is 320 g/mol. The summed E-state index contributed by atoms with van der Waals surface area (Å²) in [5.74, 6) is -0.394. The summed E-state index contributed by atoms with van der Waals surface area (Å²) in [6.45, 7) is 10.8. The molecule has 136 valence electrons. The fourth-order valence-electron chi connectivity index (χ4n) is 2.50. The van der Waals surface area contributed by atoms with E-state index in [1.807, 2.05) is 33.8 Å². The lowest BCUT2D eigenvalue weighted by atomic mass is 10.2. The van der Waals surface area contributed by atoms with Crippen molar-refractivity contribution in [3.8, 4) is 11.8 Å². The smallest absolute Gasteiger partial charge is 0.347 e. The van der Waals surface area contributed by atoms with E-state index < -0.39 is 18.2 Å². The summed E-state index contributed by atoms with van der Waals surface area (Å²) < 4.78 is 10.8. The predicted octanol–water partition coefficient (Wildman–Crippen LogP) is 2.90. The molecule has 1 amide bonds. The van der Waals surface area contributed by atoms with Gasteiger partial charge in [-0.25, -0.2) is 4.79 Å². The van der Waals surface area contributed by atoms with Crippen LogP contribution in [0.5, 0.6) is 5.75 Å². The maximum atomic E-state index is 12.5. The van der Waals surface area contributed by atoms with E-state index in [2.05, 4.69) is 0 Å². The van der Waals surface area contributed by atoms with Crippen LogP contribution in [0.2, 0.25) is 0 Å². The van der Waals surface area contributed by atoms with Gasteiger partial charge in [0.25, 0.3) is 5.91 Å². The first-order valence-corrected chi connectivity index (χ1v) is 8.36. The largest absolute Gasteiger partial charge is 0.479 e. The Hall–Kier alpha value is -2.55. The third kappa shape index (κ3) is 5.79. The highest BCUT2D eigenvalue weighted by molar-refractivity contribution is 5.85. The van der Waals surface area contributed by atoms with E-state index in [0.29, 0.717) is 11.3 Å². The first-order chi connectivity index (χ1) is 11.7. The number of amides is 1. The Morgan fingerprint density at radius 1 is 0.960 bits per heavy atom. The molecule has 0 unspecified atom stereocenters. The number of hydrogen-bond donors (Lipinski definition) is 0. The maximum absolute atomic E-state index is 12.5. The van der Waals surface area contributed by atoms with Crippen molar-refractivity contribution in [1.82, 2.24) is 4.90 Å². The number of esters is 1. The molecule has 6 nitrogen and oxygen atoms in total. The number of benzene rings is 1. The molecule has 1 aromatic rings. The Morgan fingerprint density at radius 3 is 1.92 bits per heavy atom. The molecule has 0 saturated heterocycles. The van der Waals surface area contributed by atoms with Gasteiger partial charge >= 0.3 is 5.97 Å². The number of carbonyl (C=O) groups is 2. The quantitative estimate of drug-likeness (QED) is 0.709. The minimum absolute atomic E-state index is 0.0148. The van der Waals surface area contributed by atoms with Gasteiger partial charge in [-0.05, 0) is 65.8 Å². The fraction of sp³-hybridized carbons (Fsp3) is 0.526. The van der Waals surface area contributed by atoms with E-state index in [-0.39, 0.29) is 18.0 Å². The first-order valence-electron chi connectivity index (χ1n) is 8.36. The van der Waals surface area contributed by atoms with Gasteiger partial charge in [-0.1, -0.05) is 0 Å². The number of hydrogen-bond acceptors (Lipinski definition) is 5. The second-order valence-electron chi connectivity index (χ2n) is 6.41. The molecular formula is C19H26N2O4. The van der Waals surface area contributed by atoms with Crippen molar-refractivity contribution in [1.29, 1.82) is 5.26 Å². The Bertz CT molecular complexity index is 624. The molecule has 0 N–H and O–H groups in total. The summed E-state index contributed by atoms with van der Waals surface area (Å²) in [7, 11) is 0. The highest BCUT2D eigenvalue weighted by Crippen LogP contribution is 2.15. The number of rotatable bonds is 7. The van der Waals surface area contributed by atoms with E-state index in [4.69, 9.17) is 14.7 Å². The molecule has 0 aliphatic heterocycles. The summed E-state index contributed by atoms with van der Waals surface area (Å²) in [5.41, 5.74) is 0.504. The lowest BCUT2D eigenvalue weighted by molar-refractivity contribution is -0.165. The monoisotopic (exact) mass is 346 g/mol. The van der Waals surface area contributed by atoms with E-state index in [1.54, 1.807) is 43.0 Å². The number of carbonyl (C=O) groups excluding carboxylic acids is 2. The predicted molar refractivity (Wildman–Crippen MR) is 93.9 cm³/mol. The van der Waals surface area contributed by atoms with Crippen LogP contribution in [0.3, 0.4) is 0 Å². The van der Waals surface area contributed by atoms with Gasteiger partial charge in [0.05, 0.1) is 11.6 Å². The third-order valence-electron chi connectivity index (χ3n) is 3.64. The van der Waals surface area contributed by atoms with Gasteiger partial charge in [0.15, 0.2) is 12.2 Å². The zero-order chi connectivity index (χ0) is 19.1. The van der Waals surface area contributed by atoms with Crippen LogP contribution < -0.4 is 4.74 Å². The molecule has 0 fully saturated rings. The Kier molecular flexibility index (Phi) is 7.43. The topological polar surface area (TPSA) is 79.6 Å². The van der Waals surface area contributed by atoms with Crippen LogP contribution in [-0.2, 0) is 14.3 Å². The highest BCUT2D eigenvalue weighted by atomic mass is 16.6. The van der Waals surface area contributed by atoms with E-state index >= 15 is 0 Å². The van der Waals surface area contributed by atoms with Crippen LogP contribution in [0.15, 0.2) is 24.3 Å². The molecule has 0 saturated carbocycles. The van der Waals surface area contributed by atoms with Crippen LogP contribution in [0.25, 0.3) is 0 Å². The minimum atomic E-state index is -0.885. The van der Waals surface area contributed by atoms with Crippen LogP contribution in [0, 0.1) is 11.3 Å². The van der Waals surface area contributed by atoms with Crippen LogP contribution in [-0.4, -0.2) is 41.1 Å². The van der Waals surface area contributed by atoms with E-state index in [9.17, 15) is 9.59 Å². The minimum Gasteiger partial charge on any atom is -0.479 e. The highest BCUT2D eigenvalue weighted by Gasteiger charge is 2.29. The van der Waals surface area contributed by atoms with Gasteiger partial charge in [-0.3, -0.25) is 4.79 Å². The zero-order valence-corrected chi connectivity index (χ0v) is 15.6. The number of nitriles is 1. The lowest BCUT2D eigenvalue weighted by Crippen LogP contribution is -2.48. The van der Waals surface area contributed by atoms with Crippen molar-refractivity contribution >= 4 is 11.9 Å². The molecule has 1 rings (SSSR count). The van der Waals surface area contributed by atoms with Crippen molar-refractivity contribution in [2.45, 2.75) is 65.8 Å². The van der Waals surface area contributed by atoms with Gasteiger partial charge in [0, 0.05) is 12.1 Å². The van der Waals surface area contributed by atoms with Crippen LogP contribution in [0.4, 0.5) is 0 Å². The van der Waals surface area contributed by atoms with Crippen molar-refractivity contribution < 1.29 is 19.1 Å². The normalized spacial score (nSPS) is 13.1. The summed E-state index contributed by atoms with van der Waals surface area (Å²) in [4.78, 5) is 26.4. The molecule has 0 radical (unpaired) electrons. The molecule has 0 bridgehead atoms. The van der Waals surface area contributed by atoms with Crippen LogP contribution in [0.1, 0.15) is 47.1 Å². The summed E-state index contributed by atoms with van der Waals surface area (Å²) in [6.07, 6.45) is -1.75. The Morgan fingerprint density at radius 2 is 1.48 bits per heavy atom. The van der Waals surface area contributed by atoms with E-state index in [0.717, 1.165) is 0 Å². The molecule has 6 heteroatoms. The lowest BCUT2D eigenvalue weighted by Gasteiger charge is -2.33. The number of ether oxygens (including phenoxy) is 2. The van der Waals surface area contributed by atoms with Gasteiger partial charge in [-0.15, -0.1) is 0 Å². The van der Waals surface area contributed by atoms with E-state index in [1.165, 1.54) is 0 Å². The third-order valence-corrected chi connectivity index (χ3v) is 3.64. The fourth-order valence-corrected chi connectivity index (χ4v) is 2.50. The first kappa shape index (κ1) is 20.5. The van der Waals surface area contributed by atoms with Crippen molar-refractivity contribution in [3.05, 3.63) is 29.8 Å². The Balaban J connectivity index is 2.66. The molecule has 1 aromatic carbocycles. The summed E-state index contributed by atoms with van der Waals surface area (Å²) in [6, 6.07) is 8.45. The summed E-state index contributed by atoms with van der Waals surface area (Å²) >= 11 is 0. The molecule has 0 spiro atoms. The van der Waals surface area contributed by atoms with Gasteiger partial charge in [-0.2, -0.15) is 5.26 Å². The molecule has 2 atom stereocenters. The van der Waals surface area contributed by atoms with Crippen molar-refractivity contribution in [2.75, 3.05) is 0 Å². The average molecular weight is 346 g/mol. The van der Waals surface area contributed by atoms with Crippen molar-refractivity contribution in [3.63, 3.8) is 0 Å². The molecule has 0 aliphatic carbocycles. The van der Waals surface area contributed by atoms with Crippen LogP contribution >= 0.6 is 0 Å². The zero-order valence-electron chi connectivity index (χ0n) is 15.6. The Labute approximate surface area is 149 Å². The van der Waals surface area contributed by atoms with Crippen molar-refractivity contribution in [2.24, 2.45) is 0 Å². The van der Waals surface area contributed by atoms with Gasteiger partial charge < -0.3 is 14.4 Å². The molecule has 0 aliphatic rings. The second-order valence-corrected chi connectivity index (χ2v) is 6.41. The molecule has 25 heavy (non-hydrogen) atoms. The SMILES string of the molecule is CC(C)N(C(=O)[C@@H](C)OC(=O)[C@@H](C)Oc1ccc(C#N)cc1)C(C)C. The van der Waals surface area contributed by atoms with Gasteiger partial charge in [0.1, 0.15) is 5.75 Å². The molecule has 0 heterocycles. The maximum Gasteiger partial charge on any atom is 0.347 e. The second kappa shape index (κ2) is 9.07. The average Bonchev–Trinajstić information content (AvgIpc) is 2.54. The standard InChI is InChI=1S/C19H26N2O4/c1-12(2)21(13(3)4)18(22)14(5)25-19(23)15(6)24-17-9-7-16(11-20)8-10-17/h7-10,12-15H,1-6H3/t14-,15-/m1/s1. The number of nitrogens with zero attached hydrogens (tertiary/aromatic N) is 2. The molecule has 0 aromatic heterocycles. The van der Waals surface area contributed by atoms with Gasteiger partial charge in [0.2, 0.25) is 0 Å².